The number of nitrogens with zero attached hydrogens (tertiary/aromatic N) is 5. The number of piperazine rings is 1. The number of aliphatic imine (C=N–C) groups is 2. The molecule has 38 heavy (non-hydrogen) atoms. The Morgan fingerprint density at radius 1 is 0.947 bits per heavy atom. The fourth-order valence-corrected chi connectivity index (χ4v) is 6.11. The zero-order valence-electron chi connectivity index (χ0n) is 20.7. The lowest BCUT2D eigenvalue weighted by Gasteiger charge is -2.36. The number of carbonyl (C=O) groups excluding carboxylic acids is 2. The van der Waals surface area contributed by atoms with Gasteiger partial charge in [0.25, 0.3) is 5.91 Å². The van der Waals surface area contributed by atoms with Crippen LogP contribution in [-0.4, -0.2) is 64.8 Å². The monoisotopic (exact) mass is 543 g/mol. The number of rotatable bonds is 5. The van der Waals surface area contributed by atoms with Crippen LogP contribution in [0.3, 0.4) is 0 Å². The lowest BCUT2D eigenvalue weighted by Crippen LogP contribution is -2.49. The van der Waals surface area contributed by atoms with E-state index in [0.717, 1.165) is 35.6 Å². The third-order valence-corrected chi connectivity index (χ3v) is 8.17. The number of anilines is 1. The van der Waals surface area contributed by atoms with Crippen molar-refractivity contribution < 1.29 is 9.59 Å². The molecule has 0 saturated carbocycles. The summed E-state index contributed by atoms with van der Waals surface area (Å²) in [5.41, 5.74) is 3.78. The first kappa shape index (κ1) is 24.7. The fourth-order valence-electron chi connectivity index (χ4n) is 4.95. The number of amidine groups is 2. The molecule has 0 unspecified atom stereocenters. The molecule has 1 atom stereocenters. The third-order valence-electron chi connectivity index (χ3n) is 6.93. The standard InChI is InChI=1S/C29H26ClN5O2S/c30-21-8-6-7-20(17-21)19-38-29-32-24-12-5-4-11-23(24)27-31-25(28(37)35(27)29)18-26(36)34-15-13-33(14-16-34)22-9-2-1-3-10-22/h1-12,17,25H,13-16,18-19H2/t25-/m1/s1. The highest BCUT2D eigenvalue weighted by atomic mass is 35.5. The highest BCUT2D eigenvalue weighted by Gasteiger charge is 2.42. The van der Waals surface area contributed by atoms with Gasteiger partial charge in [-0.2, -0.15) is 0 Å². The molecular formula is C29H26ClN5O2S. The van der Waals surface area contributed by atoms with Crippen molar-refractivity contribution in [2.24, 2.45) is 9.98 Å². The molecule has 0 aromatic heterocycles. The number of amides is 2. The number of halogens is 1. The van der Waals surface area contributed by atoms with E-state index in [1.165, 1.54) is 11.8 Å². The van der Waals surface area contributed by atoms with Crippen molar-refractivity contribution in [1.29, 1.82) is 0 Å². The van der Waals surface area contributed by atoms with E-state index in [0.29, 0.717) is 34.9 Å². The summed E-state index contributed by atoms with van der Waals surface area (Å²) < 4.78 is 0. The van der Waals surface area contributed by atoms with Crippen molar-refractivity contribution >= 4 is 57.6 Å². The van der Waals surface area contributed by atoms with Gasteiger partial charge in [-0.25, -0.2) is 9.89 Å². The molecule has 6 rings (SSSR count). The van der Waals surface area contributed by atoms with Crippen molar-refractivity contribution in [2.45, 2.75) is 18.2 Å². The Bertz CT molecular complexity index is 1440. The molecular weight excluding hydrogens is 518 g/mol. The van der Waals surface area contributed by atoms with Gasteiger partial charge in [0.1, 0.15) is 11.9 Å². The van der Waals surface area contributed by atoms with Crippen LogP contribution in [0.5, 0.6) is 0 Å². The number of thioether (sulfide) groups is 1. The van der Waals surface area contributed by atoms with Gasteiger partial charge in [0.2, 0.25) is 5.91 Å². The second-order valence-corrected chi connectivity index (χ2v) is 10.8. The number of para-hydroxylation sites is 2. The summed E-state index contributed by atoms with van der Waals surface area (Å²) in [4.78, 5) is 42.1. The van der Waals surface area contributed by atoms with Crippen molar-refractivity contribution in [3.05, 3.63) is 95.0 Å². The van der Waals surface area contributed by atoms with Crippen LogP contribution in [0.15, 0.2) is 88.8 Å². The molecule has 7 nitrogen and oxygen atoms in total. The Morgan fingerprint density at radius 3 is 2.50 bits per heavy atom. The molecule has 3 aromatic rings. The second kappa shape index (κ2) is 10.6. The van der Waals surface area contributed by atoms with Crippen LogP contribution in [0, 0.1) is 0 Å². The van der Waals surface area contributed by atoms with Gasteiger partial charge in [0.15, 0.2) is 5.17 Å². The Hall–Kier alpha value is -3.62. The molecule has 1 fully saturated rings. The minimum absolute atomic E-state index is 0.0430. The maximum Gasteiger partial charge on any atom is 0.259 e. The molecule has 3 heterocycles. The van der Waals surface area contributed by atoms with Crippen LogP contribution in [-0.2, 0) is 15.3 Å². The Balaban J connectivity index is 1.16. The summed E-state index contributed by atoms with van der Waals surface area (Å²) in [6, 6.07) is 24.8. The van der Waals surface area contributed by atoms with Gasteiger partial charge in [-0.1, -0.05) is 65.8 Å². The predicted octanol–water partition coefficient (Wildman–Crippen LogP) is 4.97. The Kier molecular flexibility index (Phi) is 6.91. The van der Waals surface area contributed by atoms with E-state index in [-0.39, 0.29) is 18.2 Å². The van der Waals surface area contributed by atoms with E-state index in [1.807, 2.05) is 71.6 Å². The highest BCUT2D eigenvalue weighted by molar-refractivity contribution is 8.13. The molecule has 3 aromatic carbocycles. The lowest BCUT2D eigenvalue weighted by molar-refractivity contribution is -0.135. The third kappa shape index (κ3) is 4.93. The zero-order chi connectivity index (χ0) is 26.1. The normalized spacial score (nSPS) is 18.6. The average molecular weight is 544 g/mol. The number of carbonyl (C=O) groups is 2. The molecule has 0 bridgehead atoms. The molecule has 0 radical (unpaired) electrons. The molecule has 9 heteroatoms. The highest BCUT2D eigenvalue weighted by Crippen LogP contribution is 2.35. The summed E-state index contributed by atoms with van der Waals surface area (Å²) in [6.45, 7) is 2.78. The van der Waals surface area contributed by atoms with Crippen LogP contribution in [0.25, 0.3) is 0 Å². The van der Waals surface area contributed by atoms with E-state index in [2.05, 4.69) is 17.0 Å². The summed E-state index contributed by atoms with van der Waals surface area (Å²) in [5.74, 6) is 0.927. The summed E-state index contributed by atoms with van der Waals surface area (Å²) in [7, 11) is 0. The van der Waals surface area contributed by atoms with Crippen LogP contribution >= 0.6 is 23.4 Å². The quantitative estimate of drug-likeness (QED) is 0.455. The Labute approximate surface area is 230 Å². The number of fused-ring (bicyclic) bond motifs is 3. The summed E-state index contributed by atoms with van der Waals surface area (Å²) >= 11 is 7.62. The van der Waals surface area contributed by atoms with Crippen molar-refractivity contribution in [3.63, 3.8) is 0 Å². The van der Waals surface area contributed by atoms with Crippen LogP contribution < -0.4 is 4.90 Å². The van der Waals surface area contributed by atoms with E-state index >= 15 is 0 Å². The fraction of sp³-hybridized carbons (Fsp3) is 0.241. The topological polar surface area (TPSA) is 68.6 Å². The van der Waals surface area contributed by atoms with Crippen LogP contribution in [0.1, 0.15) is 17.5 Å². The minimum atomic E-state index is -0.757. The van der Waals surface area contributed by atoms with Gasteiger partial charge in [-0.05, 0) is 42.0 Å². The second-order valence-electron chi connectivity index (χ2n) is 9.38. The maximum absolute atomic E-state index is 13.6. The van der Waals surface area contributed by atoms with Gasteiger partial charge >= 0.3 is 0 Å². The van der Waals surface area contributed by atoms with Gasteiger partial charge in [-0.15, -0.1) is 0 Å². The van der Waals surface area contributed by atoms with Crippen molar-refractivity contribution in [2.75, 3.05) is 31.1 Å². The van der Waals surface area contributed by atoms with E-state index in [1.54, 1.807) is 4.90 Å². The van der Waals surface area contributed by atoms with Gasteiger partial charge in [0, 0.05) is 48.2 Å². The first-order valence-electron chi connectivity index (χ1n) is 12.6. The zero-order valence-corrected chi connectivity index (χ0v) is 22.2. The number of benzene rings is 3. The van der Waals surface area contributed by atoms with E-state index in [4.69, 9.17) is 21.6 Å². The van der Waals surface area contributed by atoms with Gasteiger partial charge in [-0.3, -0.25) is 14.6 Å². The predicted molar refractivity (Wildman–Crippen MR) is 153 cm³/mol. The summed E-state index contributed by atoms with van der Waals surface area (Å²) in [6.07, 6.45) is 0.0541. The first-order valence-corrected chi connectivity index (χ1v) is 14.0. The molecule has 0 spiro atoms. The molecule has 0 aliphatic carbocycles. The number of hydrogen-bond donors (Lipinski definition) is 0. The van der Waals surface area contributed by atoms with Crippen molar-refractivity contribution in [3.8, 4) is 0 Å². The van der Waals surface area contributed by atoms with Crippen LogP contribution in [0.4, 0.5) is 11.4 Å². The molecule has 3 aliphatic rings. The summed E-state index contributed by atoms with van der Waals surface area (Å²) in [5, 5.41) is 1.24. The van der Waals surface area contributed by atoms with Gasteiger partial charge < -0.3 is 9.80 Å². The molecule has 192 valence electrons. The van der Waals surface area contributed by atoms with Crippen molar-refractivity contribution in [1.82, 2.24) is 9.80 Å². The van der Waals surface area contributed by atoms with E-state index < -0.39 is 6.04 Å². The average Bonchev–Trinajstić information content (AvgIpc) is 3.28. The SMILES string of the molecule is O=C(C[C@H]1N=C2c3ccccc3N=C(SCc3cccc(Cl)c3)N2C1=O)N1CCN(c2ccccc2)CC1. The van der Waals surface area contributed by atoms with Crippen LogP contribution in [0.2, 0.25) is 5.02 Å². The molecule has 2 amide bonds. The maximum atomic E-state index is 13.6. The lowest BCUT2D eigenvalue weighted by atomic mass is 10.1. The smallest absolute Gasteiger partial charge is 0.259 e. The largest absolute Gasteiger partial charge is 0.368 e. The van der Waals surface area contributed by atoms with Gasteiger partial charge in [0.05, 0.1) is 12.1 Å². The van der Waals surface area contributed by atoms with E-state index in [9.17, 15) is 9.59 Å². The minimum Gasteiger partial charge on any atom is -0.368 e. The molecule has 1 saturated heterocycles. The molecule has 3 aliphatic heterocycles. The Morgan fingerprint density at radius 2 is 1.71 bits per heavy atom. The molecule has 0 N–H and O–H groups in total. The first-order chi connectivity index (χ1) is 18.6. The number of hydrogen-bond acceptors (Lipinski definition) is 6.